The number of benzene rings is 1. The van der Waals surface area contributed by atoms with Gasteiger partial charge in [0.1, 0.15) is 5.75 Å². The number of thiophene rings is 1. The number of amides is 2. The molecule has 1 N–H and O–H groups in total. The Bertz CT molecular complexity index is 1280. The first-order chi connectivity index (χ1) is 18.8. The van der Waals surface area contributed by atoms with Gasteiger partial charge in [0.25, 0.3) is 5.91 Å². The molecule has 1 saturated heterocycles. The van der Waals surface area contributed by atoms with Crippen LogP contribution in [0.2, 0.25) is 0 Å². The van der Waals surface area contributed by atoms with Crippen molar-refractivity contribution in [2.24, 2.45) is 0 Å². The van der Waals surface area contributed by atoms with Gasteiger partial charge in [-0.2, -0.15) is 0 Å². The van der Waals surface area contributed by atoms with Crippen molar-refractivity contribution >= 4 is 28.8 Å². The lowest BCUT2D eigenvalue weighted by Crippen LogP contribution is -2.47. The van der Waals surface area contributed by atoms with Crippen molar-refractivity contribution in [1.29, 1.82) is 0 Å². The highest BCUT2D eigenvalue weighted by Gasteiger charge is 2.28. The van der Waals surface area contributed by atoms with E-state index in [9.17, 15) is 9.59 Å². The molecule has 9 heteroatoms. The maximum absolute atomic E-state index is 13.4. The van der Waals surface area contributed by atoms with E-state index < -0.39 is 0 Å². The number of anilines is 1. The second-order valence-electron chi connectivity index (χ2n) is 10.3. The summed E-state index contributed by atoms with van der Waals surface area (Å²) >= 11 is 1.51. The van der Waals surface area contributed by atoms with E-state index in [1.54, 1.807) is 19.5 Å². The molecule has 0 saturated carbocycles. The molecule has 0 radical (unpaired) electrons. The Morgan fingerprint density at radius 3 is 2.62 bits per heavy atom. The van der Waals surface area contributed by atoms with Gasteiger partial charge in [-0.25, -0.2) is 4.98 Å². The molecule has 4 rings (SSSR count). The lowest BCUT2D eigenvalue weighted by Gasteiger charge is -2.38. The first kappa shape index (κ1) is 28.7. The van der Waals surface area contributed by atoms with E-state index in [-0.39, 0.29) is 17.9 Å². The van der Waals surface area contributed by atoms with Crippen molar-refractivity contribution in [3.05, 3.63) is 47.6 Å². The first-order valence-corrected chi connectivity index (χ1v) is 14.6. The highest BCUT2D eigenvalue weighted by molar-refractivity contribution is 7.14. The number of ether oxygens (including phenoxy) is 1. The number of likely N-dealkylation sites (tertiary alicyclic amines) is 1. The van der Waals surface area contributed by atoms with Crippen LogP contribution >= 0.6 is 11.3 Å². The van der Waals surface area contributed by atoms with Crippen LogP contribution in [0, 0.1) is 0 Å². The van der Waals surface area contributed by atoms with E-state index in [2.05, 4.69) is 36.0 Å². The Balaban J connectivity index is 1.48. The topological polar surface area (TPSA) is 87.7 Å². The molecule has 208 valence electrons. The molecule has 0 bridgehead atoms. The summed E-state index contributed by atoms with van der Waals surface area (Å²) < 4.78 is 5.66. The van der Waals surface area contributed by atoms with Crippen LogP contribution in [-0.4, -0.2) is 70.9 Å². The number of methoxy groups -OCH3 is 1. The Kier molecular flexibility index (Phi) is 9.69. The molecule has 2 amide bonds. The normalized spacial score (nSPS) is 14.4. The predicted molar refractivity (Wildman–Crippen MR) is 157 cm³/mol. The van der Waals surface area contributed by atoms with Crippen LogP contribution in [0.1, 0.15) is 63.2 Å². The maximum Gasteiger partial charge on any atom is 0.257 e. The molecule has 39 heavy (non-hydrogen) atoms. The molecular formula is C30H39N5O3S. The number of piperidine rings is 1. The summed E-state index contributed by atoms with van der Waals surface area (Å²) in [4.78, 5) is 40.0. The molecule has 1 fully saturated rings. The van der Waals surface area contributed by atoms with Gasteiger partial charge in [-0.3, -0.25) is 14.6 Å². The molecular weight excluding hydrogens is 510 g/mol. The molecule has 8 nitrogen and oxygen atoms in total. The molecule has 1 aliphatic rings. The molecule has 0 aliphatic carbocycles. The fourth-order valence-corrected chi connectivity index (χ4v) is 5.69. The molecule has 0 atom stereocenters. The lowest BCUT2D eigenvalue weighted by atomic mass is 10.0. The number of carbonyl (C=O) groups is 2. The van der Waals surface area contributed by atoms with Crippen LogP contribution in [0.5, 0.6) is 5.75 Å². The van der Waals surface area contributed by atoms with Gasteiger partial charge in [-0.15, -0.1) is 11.3 Å². The third kappa shape index (κ3) is 7.02. The summed E-state index contributed by atoms with van der Waals surface area (Å²) in [6.45, 7) is 8.51. The first-order valence-electron chi connectivity index (χ1n) is 13.7. The van der Waals surface area contributed by atoms with Crippen LogP contribution < -0.4 is 10.1 Å². The molecule has 0 unspecified atom stereocenters. The summed E-state index contributed by atoms with van der Waals surface area (Å²) in [7, 11) is 3.48. The minimum atomic E-state index is -0.0340. The van der Waals surface area contributed by atoms with E-state index in [0.717, 1.165) is 60.6 Å². The Labute approximate surface area is 235 Å². The fraction of sp³-hybridized carbons (Fsp3) is 0.467. The number of unbranched alkanes of at least 4 members (excludes halogenated alkanes) is 1. The fourth-order valence-electron chi connectivity index (χ4n) is 4.89. The van der Waals surface area contributed by atoms with E-state index >= 15 is 0 Å². The molecule has 1 aromatic carbocycles. The van der Waals surface area contributed by atoms with Gasteiger partial charge in [-0.1, -0.05) is 19.4 Å². The number of nitrogens with zero attached hydrogens (tertiary/aromatic N) is 4. The van der Waals surface area contributed by atoms with Crippen molar-refractivity contribution in [3.8, 4) is 27.6 Å². The SMILES string of the molecule is CCCCC(=O)Nc1csc(-c2cncc(-c3ccc(C(=O)N(C)C4CCN(C(C)C)CC4)c(OC)c3)n2)c1. The highest BCUT2D eigenvalue weighted by atomic mass is 32.1. The van der Waals surface area contributed by atoms with Gasteiger partial charge in [0.05, 0.1) is 47.0 Å². The van der Waals surface area contributed by atoms with Gasteiger partial charge in [0, 0.05) is 49.6 Å². The summed E-state index contributed by atoms with van der Waals surface area (Å²) in [5.41, 5.74) is 3.53. The van der Waals surface area contributed by atoms with Crippen molar-refractivity contribution < 1.29 is 14.3 Å². The zero-order chi connectivity index (χ0) is 27.9. The molecule has 2 aromatic heterocycles. The minimum Gasteiger partial charge on any atom is -0.496 e. The standard InChI is InChI=1S/C30H39N5O3S/c1-6-7-8-29(36)32-22-16-28(39-19-22)26-18-31-17-25(33-26)21-9-10-24(27(15-21)38-5)30(37)34(4)23-11-13-35(14-12-23)20(2)3/h9-10,15-20,23H,6-8,11-14H2,1-5H3,(H,32,36). The largest absolute Gasteiger partial charge is 0.496 e. The lowest BCUT2D eigenvalue weighted by molar-refractivity contribution is -0.116. The average molecular weight is 550 g/mol. The summed E-state index contributed by atoms with van der Waals surface area (Å²) in [5.74, 6) is 0.507. The molecule has 0 spiro atoms. The van der Waals surface area contributed by atoms with Crippen molar-refractivity contribution in [1.82, 2.24) is 19.8 Å². The van der Waals surface area contributed by atoms with E-state index in [4.69, 9.17) is 9.72 Å². The summed E-state index contributed by atoms with van der Waals surface area (Å²) in [5, 5.41) is 4.87. The van der Waals surface area contributed by atoms with Gasteiger partial charge in [0.15, 0.2) is 0 Å². The van der Waals surface area contributed by atoms with E-state index in [1.165, 1.54) is 11.3 Å². The quantitative estimate of drug-likeness (QED) is 0.336. The third-order valence-electron chi connectivity index (χ3n) is 7.35. The van der Waals surface area contributed by atoms with Crippen molar-refractivity contribution in [3.63, 3.8) is 0 Å². The van der Waals surface area contributed by atoms with Crippen LogP contribution in [-0.2, 0) is 4.79 Å². The van der Waals surface area contributed by atoms with E-state index in [1.807, 2.05) is 41.6 Å². The van der Waals surface area contributed by atoms with Crippen LogP contribution in [0.4, 0.5) is 5.69 Å². The van der Waals surface area contributed by atoms with Crippen molar-refractivity contribution in [2.45, 2.75) is 65.0 Å². The maximum atomic E-state index is 13.4. The second kappa shape index (κ2) is 13.2. The van der Waals surface area contributed by atoms with E-state index in [0.29, 0.717) is 29.5 Å². The number of hydrogen-bond donors (Lipinski definition) is 1. The molecule has 1 aliphatic heterocycles. The Morgan fingerprint density at radius 1 is 1.18 bits per heavy atom. The summed E-state index contributed by atoms with van der Waals surface area (Å²) in [6, 6.07) is 8.23. The van der Waals surface area contributed by atoms with Gasteiger partial charge >= 0.3 is 0 Å². The average Bonchev–Trinajstić information content (AvgIpc) is 3.43. The number of carbonyl (C=O) groups excluding carboxylic acids is 2. The minimum absolute atomic E-state index is 0.0226. The molecule has 3 heterocycles. The van der Waals surface area contributed by atoms with Crippen LogP contribution in [0.3, 0.4) is 0 Å². The van der Waals surface area contributed by atoms with Crippen LogP contribution in [0.25, 0.3) is 21.8 Å². The second-order valence-corrected chi connectivity index (χ2v) is 11.2. The molecule has 3 aromatic rings. The van der Waals surface area contributed by atoms with Gasteiger partial charge < -0.3 is 19.9 Å². The highest BCUT2D eigenvalue weighted by Crippen LogP contribution is 2.32. The number of rotatable bonds is 10. The Hall–Kier alpha value is -3.30. The van der Waals surface area contributed by atoms with Crippen molar-refractivity contribution in [2.75, 3.05) is 32.6 Å². The monoisotopic (exact) mass is 549 g/mol. The zero-order valence-electron chi connectivity index (χ0n) is 23.6. The predicted octanol–water partition coefficient (Wildman–Crippen LogP) is 5.95. The third-order valence-corrected chi connectivity index (χ3v) is 8.31. The van der Waals surface area contributed by atoms with Gasteiger partial charge in [0.2, 0.25) is 5.91 Å². The smallest absolute Gasteiger partial charge is 0.257 e. The van der Waals surface area contributed by atoms with Gasteiger partial charge in [-0.05, 0) is 51.3 Å². The van der Waals surface area contributed by atoms with Crippen LogP contribution in [0.15, 0.2) is 42.0 Å². The number of aromatic nitrogens is 2. The summed E-state index contributed by atoms with van der Waals surface area (Å²) in [6.07, 6.45) is 7.73. The Morgan fingerprint density at radius 2 is 1.92 bits per heavy atom. The number of hydrogen-bond acceptors (Lipinski definition) is 7. The zero-order valence-corrected chi connectivity index (χ0v) is 24.4. The number of nitrogens with one attached hydrogen (secondary N) is 1.